The lowest BCUT2D eigenvalue weighted by atomic mass is 9.90. The predicted octanol–water partition coefficient (Wildman–Crippen LogP) is 2.60. The molecule has 0 aromatic rings. The molecule has 1 saturated heterocycles. The highest BCUT2D eigenvalue weighted by atomic mass is 35.5. The van der Waals surface area contributed by atoms with Crippen molar-refractivity contribution >= 4 is 18.3 Å². The SMILES string of the molecule is CCC(CC(=O)NCC1CCCNC1)C(C)C.Cl. The summed E-state index contributed by atoms with van der Waals surface area (Å²) in [6.07, 6.45) is 4.27. The molecule has 4 heteroatoms. The molecule has 0 bridgehead atoms. The van der Waals surface area contributed by atoms with Gasteiger partial charge in [-0.2, -0.15) is 0 Å². The fourth-order valence-electron chi connectivity index (χ4n) is 2.52. The number of halogens is 1. The van der Waals surface area contributed by atoms with Gasteiger partial charge < -0.3 is 10.6 Å². The largest absolute Gasteiger partial charge is 0.356 e. The molecule has 108 valence electrons. The van der Waals surface area contributed by atoms with E-state index < -0.39 is 0 Å². The average molecular weight is 277 g/mol. The van der Waals surface area contributed by atoms with Crippen LogP contribution < -0.4 is 10.6 Å². The molecule has 0 aromatic carbocycles. The van der Waals surface area contributed by atoms with E-state index in [-0.39, 0.29) is 18.3 Å². The Labute approximate surface area is 118 Å². The highest BCUT2D eigenvalue weighted by Crippen LogP contribution is 2.18. The van der Waals surface area contributed by atoms with Crippen LogP contribution in [0.1, 0.15) is 46.5 Å². The van der Waals surface area contributed by atoms with Crippen LogP contribution in [0.25, 0.3) is 0 Å². The maximum atomic E-state index is 11.8. The van der Waals surface area contributed by atoms with Gasteiger partial charge in [0, 0.05) is 13.0 Å². The summed E-state index contributed by atoms with van der Waals surface area (Å²) in [7, 11) is 0. The van der Waals surface area contributed by atoms with Crippen LogP contribution in [0, 0.1) is 17.8 Å². The maximum absolute atomic E-state index is 11.8. The Hall–Kier alpha value is -0.280. The fourth-order valence-corrected chi connectivity index (χ4v) is 2.52. The van der Waals surface area contributed by atoms with Gasteiger partial charge in [0.15, 0.2) is 0 Å². The smallest absolute Gasteiger partial charge is 0.220 e. The van der Waals surface area contributed by atoms with E-state index in [0.717, 1.165) is 26.1 Å². The minimum atomic E-state index is 0. The van der Waals surface area contributed by atoms with Crippen LogP contribution in [0.3, 0.4) is 0 Å². The molecule has 1 fully saturated rings. The van der Waals surface area contributed by atoms with Crippen molar-refractivity contribution in [3.63, 3.8) is 0 Å². The van der Waals surface area contributed by atoms with E-state index in [9.17, 15) is 4.79 Å². The summed E-state index contributed by atoms with van der Waals surface area (Å²) in [4.78, 5) is 11.8. The van der Waals surface area contributed by atoms with Gasteiger partial charge in [-0.1, -0.05) is 27.2 Å². The third kappa shape index (κ3) is 6.60. The minimum absolute atomic E-state index is 0. The summed E-state index contributed by atoms with van der Waals surface area (Å²) in [6, 6.07) is 0. The van der Waals surface area contributed by atoms with Crippen LogP contribution >= 0.6 is 12.4 Å². The zero-order valence-corrected chi connectivity index (χ0v) is 12.8. The van der Waals surface area contributed by atoms with E-state index in [1.54, 1.807) is 0 Å². The van der Waals surface area contributed by atoms with Gasteiger partial charge in [0.1, 0.15) is 0 Å². The first-order chi connectivity index (χ1) is 8.13. The van der Waals surface area contributed by atoms with Crippen molar-refractivity contribution in [2.24, 2.45) is 17.8 Å². The van der Waals surface area contributed by atoms with Crippen molar-refractivity contribution in [2.75, 3.05) is 19.6 Å². The average Bonchev–Trinajstić information content (AvgIpc) is 2.34. The Morgan fingerprint density at radius 2 is 2.17 bits per heavy atom. The number of carbonyl (C=O) groups is 1. The highest BCUT2D eigenvalue weighted by molar-refractivity contribution is 5.85. The molecule has 3 nitrogen and oxygen atoms in total. The van der Waals surface area contributed by atoms with Gasteiger partial charge in [-0.15, -0.1) is 12.4 Å². The molecule has 0 saturated carbocycles. The van der Waals surface area contributed by atoms with E-state index in [4.69, 9.17) is 0 Å². The number of hydrogen-bond acceptors (Lipinski definition) is 2. The second-order valence-corrected chi connectivity index (χ2v) is 5.63. The Morgan fingerprint density at radius 1 is 1.44 bits per heavy atom. The second kappa shape index (κ2) is 9.62. The highest BCUT2D eigenvalue weighted by Gasteiger charge is 2.17. The second-order valence-electron chi connectivity index (χ2n) is 5.63. The topological polar surface area (TPSA) is 41.1 Å². The number of rotatable bonds is 6. The van der Waals surface area contributed by atoms with Gasteiger partial charge >= 0.3 is 0 Å². The number of amides is 1. The zero-order valence-electron chi connectivity index (χ0n) is 12.0. The van der Waals surface area contributed by atoms with Gasteiger partial charge in [-0.25, -0.2) is 0 Å². The monoisotopic (exact) mass is 276 g/mol. The van der Waals surface area contributed by atoms with Crippen LogP contribution in [-0.2, 0) is 4.79 Å². The summed E-state index contributed by atoms with van der Waals surface area (Å²) < 4.78 is 0. The van der Waals surface area contributed by atoms with Crippen molar-refractivity contribution < 1.29 is 4.79 Å². The molecule has 1 amide bonds. The lowest BCUT2D eigenvalue weighted by molar-refractivity contribution is -0.122. The number of piperidine rings is 1. The van der Waals surface area contributed by atoms with E-state index in [1.165, 1.54) is 12.8 Å². The van der Waals surface area contributed by atoms with Gasteiger partial charge in [0.25, 0.3) is 0 Å². The van der Waals surface area contributed by atoms with Gasteiger partial charge in [0.2, 0.25) is 5.91 Å². The van der Waals surface area contributed by atoms with Crippen molar-refractivity contribution in [1.29, 1.82) is 0 Å². The maximum Gasteiger partial charge on any atom is 0.220 e. The molecular formula is C14H29ClN2O. The first-order valence-corrected chi connectivity index (χ1v) is 7.10. The Morgan fingerprint density at radius 3 is 2.67 bits per heavy atom. The molecule has 1 aliphatic heterocycles. The lowest BCUT2D eigenvalue weighted by Gasteiger charge is -2.24. The number of hydrogen-bond donors (Lipinski definition) is 2. The molecule has 2 unspecified atom stereocenters. The predicted molar refractivity (Wildman–Crippen MR) is 79.1 cm³/mol. The lowest BCUT2D eigenvalue weighted by Crippen LogP contribution is -2.38. The molecule has 0 radical (unpaired) electrons. The molecule has 18 heavy (non-hydrogen) atoms. The first kappa shape index (κ1) is 17.7. The number of carbonyl (C=O) groups excluding carboxylic acids is 1. The molecule has 1 heterocycles. The minimum Gasteiger partial charge on any atom is -0.356 e. The van der Waals surface area contributed by atoms with Crippen LogP contribution in [0.2, 0.25) is 0 Å². The van der Waals surface area contributed by atoms with E-state index >= 15 is 0 Å². The summed E-state index contributed by atoms with van der Waals surface area (Å²) in [5.41, 5.74) is 0. The fraction of sp³-hybridized carbons (Fsp3) is 0.929. The standard InChI is InChI=1S/C14H28N2O.ClH/c1-4-13(11(2)3)8-14(17)16-10-12-6-5-7-15-9-12;/h11-13,15H,4-10H2,1-3H3,(H,16,17);1H. The van der Waals surface area contributed by atoms with Gasteiger partial charge in [0.05, 0.1) is 0 Å². The Bertz CT molecular complexity index is 228. The van der Waals surface area contributed by atoms with Crippen molar-refractivity contribution in [1.82, 2.24) is 10.6 Å². The van der Waals surface area contributed by atoms with E-state index in [1.807, 2.05) is 0 Å². The van der Waals surface area contributed by atoms with Gasteiger partial charge in [-0.3, -0.25) is 4.79 Å². The van der Waals surface area contributed by atoms with Crippen molar-refractivity contribution in [2.45, 2.75) is 46.5 Å². The molecular weight excluding hydrogens is 248 g/mol. The molecule has 1 aliphatic rings. The van der Waals surface area contributed by atoms with Crippen molar-refractivity contribution in [3.05, 3.63) is 0 Å². The normalized spacial score (nSPS) is 21.2. The van der Waals surface area contributed by atoms with E-state index in [2.05, 4.69) is 31.4 Å². The zero-order chi connectivity index (χ0) is 12.7. The quantitative estimate of drug-likeness (QED) is 0.783. The molecule has 2 atom stereocenters. The number of nitrogens with one attached hydrogen (secondary N) is 2. The third-order valence-electron chi connectivity index (χ3n) is 3.90. The molecule has 0 aliphatic carbocycles. The Kier molecular flexibility index (Phi) is 9.47. The van der Waals surface area contributed by atoms with Crippen LogP contribution in [0.5, 0.6) is 0 Å². The van der Waals surface area contributed by atoms with Crippen LogP contribution in [0.4, 0.5) is 0 Å². The van der Waals surface area contributed by atoms with Crippen LogP contribution in [0.15, 0.2) is 0 Å². The third-order valence-corrected chi connectivity index (χ3v) is 3.90. The summed E-state index contributed by atoms with van der Waals surface area (Å²) in [5.74, 6) is 1.99. The molecule has 0 aromatic heterocycles. The first-order valence-electron chi connectivity index (χ1n) is 7.10. The molecule has 0 spiro atoms. The van der Waals surface area contributed by atoms with Crippen LogP contribution in [-0.4, -0.2) is 25.5 Å². The summed E-state index contributed by atoms with van der Waals surface area (Å²) in [5, 5.41) is 6.47. The van der Waals surface area contributed by atoms with Gasteiger partial charge in [-0.05, 0) is 43.7 Å². The van der Waals surface area contributed by atoms with Crippen molar-refractivity contribution in [3.8, 4) is 0 Å². The Balaban J connectivity index is 0.00000289. The summed E-state index contributed by atoms with van der Waals surface area (Å²) in [6.45, 7) is 9.61. The summed E-state index contributed by atoms with van der Waals surface area (Å²) >= 11 is 0. The molecule has 2 N–H and O–H groups in total. The van der Waals surface area contributed by atoms with E-state index in [0.29, 0.717) is 24.2 Å². The molecule has 1 rings (SSSR count).